The molecule has 0 saturated heterocycles. The number of nitrogens with zero attached hydrogens (tertiary/aromatic N) is 2. The minimum atomic E-state index is -0.274. The Morgan fingerprint density at radius 1 is 1.62 bits per heavy atom. The van der Waals surface area contributed by atoms with Crippen LogP contribution in [0, 0.1) is 0 Å². The van der Waals surface area contributed by atoms with Gasteiger partial charge in [0, 0.05) is 12.4 Å². The summed E-state index contributed by atoms with van der Waals surface area (Å²) >= 11 is 0. The van der Waals surface area contributed by atoms with Crippen molar-refractivity contribution in [2.24, 2.45) is 0 Å². The normalized spacial score (nSPS) is 10.6. The zero-order valence-electron chi connectivity index (χ0n) is 9.01. The summed E-state index contributed by atoms with van der Waals surface area (Å²) in [6.45, 7) is 2.16. The van der Waals surface area contributed by atoms with Crippen molar-refractivity contribution >= 4 is 17.3 Å². The molecule has 5 heteroatoms. The molecule has 0 radical (unpaired) electrons. The predicted octanol–water partition coefficient (Wildman–Crippen LogP) is 1.02. The maximum Gasteiger partial charge on any atom is 0.311 e. The number of esters is 1. The summed E-state index contributed by atoms with van der Waals surface area (Å²) in [7, 11) is 0. The van der Waals surface area contributed by atoms with Crippen LogP contribution < -0.4 is 5.73 Å². The van der Waals surface area contributed by atoms with E-state index in [4.69, 9.17) is 10.5 Å². The summed E-state index contributed by atoms with van der Waals surface area (Å²) in [5, 5.41) is 0. The van der Waals surface area contributed by atoms with E-state index in [1.165, 1.54) is 0 Å². The van der Waals surface area contributed by atoms with E-state index in [1.54, 1.807) is 23.6 Å². The second kappa shape index (κ2) is 4.22. The number of aromatic nitrogens is 2. The van der Waals surface area contributed by atoms with Crippen molar-refractivity contribution in [1.82, 2.24) is 9.38 Å². The maximum absolute atomic E-state index is 11.3. The van der Waals surface area contributed by atoms with Gasteiger partial charge in [0.2, 0.25) is 0 Å². The van der Waals surface area contributed by atoms with Crippen molar-refractivity contribution in [1.29, 1.82) is 0 Å². The summed E-state index contributed by atoms with van der Waals surface area (Å²) < 4.78 is 6.65. The van der Waals surface area contributed by atoms with Crippen LogP contribution in [0.3, 0.4) is 0 Å². The molecule has 2 heterocycles. The van der Waals surface area contributed by atoms with Crippen LogP contribution in [0.5, 0.6) is 0 Å². The molecule has 2 rings (SSSR count). The Kier molecular flexibility index (Phi) is 2.76. The Morgan fingerprint density at radius 3 is 3.12 bits per heavy atom. The second-order valence-electron chi connectivity index (χ2n) is 3.41. The number of carbonyl (C=O) groups is 1. The molecule has 84 valence electrons. The van der Waals surface area contributed by atoms with E-state index in [2.05, 4.69) is 4.98 Å². The molecule has 2 aromatic heterocycles. The molecule has 16 heavy (non-hydrogen) atoms. The highest BCUT2D eigenvalue weighted by molar-refractivity contribution is 5.73. The monoisotopic (exact) mass is 219 g/mol. The van der Waals surface area contributed by atoms with Gasteiger partial charge in [-0.3, -0.25) is 4.79 Å². The predicted molar refractivity (Wildman–Crippen MR) is 59.9 cm³/mol. The third-order valence-electron chi connectivity index (χ3n) is 2.19. The Morgan fingerprint density at radius 2 is 2.44 bits per heavy atom. The average molecular weight is 219 g/mol. The number of carbonyl (C=O) groups excluding carboxylic acids is 1. The topological polar surface area (TPSA) is 69.6 Å². The number of ether oxygens (including phenoxy) is 1. The Labute approximate surface area is 92.8 Å². The largest absolute Gasteiger partial charge is 0.466 e. The molecule has 0 bridgehead atoms. The Balaban J connectivity index is 2.26. The van der Waals surface area contributed by atoms with Crippen molar-refractivity contribution in [3.63, 3.8) is 0 Å². The first-order valence-corrected chi connectivity index (χ1v) is 5.08. The fourth-order valence-electron chi connectivity index (χ4n) is 1.53. The molecule has 5 nitrogen and oxygen atoms in total. The number of pyridine rings is 1. The number of nitrogen functional groups attached to an aromatic ring is 1. The lowest BCUT2D eigenvalue weighted by Gasteiger charge is -1.97. The van der Waals surface area contributed by atoms with E-state index in [1.807, 2.05) is 12.3 Å². The number of hydrogen-bond acceptors (Lipinski definition) is 4. The number of fused-ring (bicyclic) bond motifs is 1. The Bertz CT molecular complexity index is 519. The summed E-state index contributed by atoms with van der Waals surface area (Å²) in [4.78, 5) is 15.5. The van der Waals surface area contributed by atoms with Crippen molar-refractivity contribution in [3.8, 4) is 0 Å². The average Bonchev–Trinajstić information content (AvgIpc) is 2.62. The smallest absolute Gasteiger partial charge is 0.311 e. The van der Waals surface area contributed by atoms with E-state index in [9.17, 15) is 4.79 Å². The van der Waals surface area contributed by atoms with Gasteiger partial charge in [-0.25, -0.2) is 4.98 Å². The molecule has 0 saturated carbocycles. The first-order chi connectivity index (χ1) is 7.70. The van der Waals surface area contributed by atoms with Gasteiger partial charge in [-0.15, -0.1) is 0 Å². The fourth-order valence-corrected chi connectivity index (χ4v) is 1.53. The van der Waals surface area contributed by atoms with Crippen LogP contribution in [0.1, 0.15) is 12.6 Å². The zero-order chi connectivity index (χ0) is 11.5. The summed E-state index contributed by atoms with van der Waals surface area (Å²) in [5.74, 6) is -0.274. The lowest BCUT2D eigenvalue weighted by molar-refractivity contribution is -0.142. The summed E-state index contributed by atoms with van der Waals surface area (Å²) in [6.07, 6.45) is 3.80. The molecular formula is C11H13N3O2. The maximum atomic E-state index is 11.3. The van der Waals surface area contributed by atoms with Gasteiger partial charge in [-0.05, 0) is 19.1 Å². The van der Waals surface area contributed by atoms with Crippen LogP contribution in [0.15, 0.2) is 24.5 Å². The highest BCUT2D eigenvalue weighted by atomic mass is 16.5. The van der Waals surface area contributed by atoms with Crippen molar-refractivity contribution in [3.05, 3.63) is 30.2 Å². The number of imidazole rings is 1. The fraction of sp³-hybridized carbons (Fsp3) is 0.273. The van der Waals surface area contributed by atoms with E-state index in [0.717, 1.165) is 0 Å². The molecule has 0 unspecified atom stereocenters. The molecular weight excluding hydrogens is 206 g/mol. The second-order valence-corrected chi connectivity index (χ2v) is 3.41. The SMILES string of the molecule is CCOC(=O)Cc1cn2cccc(N)c2n1. The third kappa shape index (κ3) is 1.98. The van der Waals surface area contributed by atoms with Gasteiger partial charge in [0.1, 0.15) is 0 Å². The molecule has 0 aliphatic heterocycles. The zero-order valence-corrected chi connectivity index (χ0v) is 9.01. The first kappa shape index (κ1) is 10.5. The minimum absolute atomic E-state index is 0.176. The van der Waals surface area contributed by atoms with Crippen LogP contribution in [-0.4, -0.2) is 22.0 Å². The molecule has 0 aliphatic rings. The number of rotatable bonds is 3. The van der Waals surface area contributed by atoms with Crippen LogP contribution in [-0.2, 0) is 16.0 Å². The van der Waals surface area contributed by atoms with E-state index < -0.39 is 0 Å². The molecule has 2 N–H and O–H groups in total. The molecule has 0 atom stereocenters. The van der Waals surface area contributed by atoms with E-state index in [0.29, 0.717) is 23.6 Å². The van der Waals surface area contributed by atoms with Crippen molar-refractivity contribution in [2.75, 3.05) is 12.3 Å². The Hall–Kier alpha value is -2.04. The molecule has 0 aliphatic carbocycles. The third-order valence-corrected chi connectivity index (χ3v) is 2.19. The molecule has 0 fully saturated rings. The van der Waals surface area contributed by atoms with Crippen molar-refractivity contribution in [2.45, 2.75) is 13.3 Å². The quantitative estimate of drug-likeness (QED) is 0.782. The number of anilines is 1. The van der Waals surface area contributed by atoms with Crippen LogP contribution in [0.4, 0.5) is 5.69 Å². The number of nitrogens with two attached hydrogens (primary N) is 1. The molecule has 0 aromatic carbocycles. The number of hydrogen-bond donors (Lipinski definition) is 1. The van der Waals surface area contributed by atoms with Gasteiger partial charge >= 0.3 is 5.97 Å². The molecule has 0 amide bonds. The van der Waals surface area contributed by atoms with Crippen LogP contribution in [0.25, 0.3) is 5.65 Å². The minimum Gasteiger partial charge on any atom is -0.466 e. The lowest BCUT2D eigenvalue weighted by atomic mass is 10.3. The van der Waals surface area contributed by atoms with Gasteiger partial charge in [-0.2, -0.15) is 0 Å². The highest BCUT2D eigenvalue weighted by Gasteiger charge is 2.09. The summed E-state index contributed by atoms with van der Waals surface area (Å²) in [6, 6.07) is 3.61. The van der Waals surface area contributed by atoms with Gasteiger partial charge in [0.25, 0.3) is 0 Å². The van der Waals surface area contributed by atoms with Crippen LogP contribution in [0.2, 0.25) is 0 Å². The molecule has 0 spiro atoms. The van der Waals surface area contributed by atoms with Gasteiger partial charge in [0.15, 0.2) is 5.65 Å². The first-order valence-electron chi connectivity index (χ1n) is 5.08. The summed E-state index contributed by atoms with van der Waals surface area (Å²) in [5.41, 5.74) is 7.69. The lowest BCUT2D eigenvalue weighted by Crippen LogP contribution is -2.07. The van der Waals surface area contributed by atoms with Gasteiger partial charge in [-0.1, -0.05) is 0 Å². The van der Waals surface area contributed by atoms with Crippen LogP contribution >= 0.6 is 0 Å². The standard InChI is InChI=1S/C11H13N3O2/c1-2-16-10(15)6-8-7-14-5-3-4-9(12)11(14)13-8/h3-5,7H,2,6,12H2,1H3. The van der Waals surface area contributed by atoms with Gasteiger partial charge in [0.05, 0.1) is 24.4 Å². The molecule has 2 aromatic rings. The van der Waals surface area contributed by atoms with E-state index in [-0.39, 0.29) is 12.4 Å². The van der Waals surface area contributed by atoms with E-state index >= 15 is 0 Å². The highest BCUT2D eigenvalue weighted by Crippen LogP contribution is 2.13. The van der Waals surface area contributed by atoms with Crippen molar-refractivity contribution < 1.29 is 9.53 Å². The van der Waals surface area contributed by atoms with Gasteiger partial charge < -0.3 is 14.9 Å².